The molecule has 0 unspecified atom stereocenters. The van der Waals surface area contributed by atoms with Gasteiger partial charge >= 0.3 is 0 Å². The van der Waals surface area contributed by atoms with Crippen molar-refractivity contribution in [3.8, 4) is 5.75 Å². The average molecular weight is 363 g/mol. The quantitative estimate of drug-likeness (QED) is 0.587. The molecule has 2 aromatic carbocycles. The lowest BCUT2D eigenvalue weighted by molar-refractivity contribution is 0.464. The lowest BCUT2D eigenvalue weighted by Crippen LogP contribution is -1.89. The maximum absolute atomic E-state index is 10.5. The zero-order valence-corrected chi connectivity index (χ0v) is 15.0. The second-order valence-corrected chi connectivity index (χ2v) is 7.25. The second kappa shape index (κ2) is 5.62. The predicted octanol–water partition coefficient (Wildman–Crippen LogP) is 6.21. The molecule has 3 rings (SSSR count). The molecule has 21 heavy (non-hydrogen) atoms. The van der Waals surface area contributed by atoms with Crippen molar-refractivity contribution in [3.63, 3.8) is 0 Å². The van der Waals surface area contributed by atoms with Crippen molar-refractivity contribution in [2.24, 2.45) is 0 Å². The standard InChI is InChI=1S/C18H19BrOS/c1-4-10-7-13-14-8-11(5-2)17(20)12(6-3)18(14)21-16(13)9-15(10)19/h7-9,20H,4-6H2,1-3H3. The number of aryl methyl sites for hydroxylation is 3. The van der Waals surface area contributed by atoms with Crippen LogP contribution in [0.2, 0.25) is 0 Å². The summed E-state index contributed by atoms with van der Waals surface area (Å²) in [5, 5.41) is 13.1. The van der Waals surface area contributed by atoms with Gasteiger partial charge in [0.2, 0.25) is 0 Å². The van der Waals surface area contributed by atoms with Crippen LogP contribution in [0.3, 0.4) is 0 Å². The van der Waals surface area contributed by atoms with Gasteiger partial charge in [-0.25, -0.2) is 0 Å². The fraction of sp³-hybridized carbons (Fsp3) is 0.333. The van der Waals surface area contributed by atoms with E-state index in [1.807, 2.05) is 0 Å². The van der Waals surface area contributed by atoms with E-state index in [9.17, 15) is 5.11 Å². The minimum atomic E-state index is 0.494. The van der Waals surface area contributed by atoms with Crippen LogP contribution in [-0.2, 0) is 19.3 Å². The van der Waals surface area contributed by atoms with Gasteiger partial charge in [0.25, 0.3) is 0 Å². The van der Waals surface area contributed by atoms with Gasteiger partial charge < -0.3 is 5.11 Å². The highest BCUT2D eigenvalue weighted by molar-refractivity contribution is 9.10. The van der Waals surface area contributed by atoms with E-state index in [0.29, 0.717) is 5.75 Å². The molecule has 0 saturated heterocycles. The van der Waals surface area contributed by atoms with Crippen molar-refractivity contribution in [1.82, 2.24) is 0 Å². The molecule has 0 aliphatic rings. The van der Waals surface area contributed by atoms with Crippen molar-refractivity contribution < 1.29 is 5.11 Å². The maximum Gasteiger partial charge on any atom is 0.123 e. The van der Waals surface area contributed by atoms with Crippen LogP contribution in [0.5, 0.6) is 5.75 Å². The molecule has 0 spiro atoms. The van der Waals surface area contributed by atoms with Gasteiger partial charge in [0.15, 0.2) is 0 Å². The van der Waals surface area contributed by atoms with Gasteiger partial charge in [0.05, 0.1) is 0 Å². The Hall–Kier alpha value is -1.06. The number of thiophene rings is 1. The molecule has 1 nitrogen and oxygen atoms in total. The Morgan fingerprint density at radius 3 is 2.24 bits per heavy atom. The maximum atomic E-state index is 10.5. The van der Waals surface area contributed by atoms with Crippen LogP contribution in [0, 0.1) is 0 Å². The summed E-state index contributed by atoms with van der Waals surface area (Å²) in [5.41, 5.74) is 3.49. The predicted molar refractivity (Wildman–Crippen MR) is 96.8 cm³/mol. The molecule has 0 aliphatic heterocycles. The van der Waals surface area contributed by atoms with Crippen molar-refractivity contribution >= 4 is 47.4 Å². The van der Waals surface area contributed by atoms with Crippen LogP contribution in [0.4, 0.5) is 0 Å². The van der Waals surface area contributed by atoms with Crippen LogP contribution >= 0.6 is 27.3 Å². The normalized spacial score (nSPS) is 11.6. The first-order chi connectivity index (χ1) is 10.1. The molecule has 0 aliphatic carbocycles. The topological polar surface area (TPSA) is 20.2 Å². The van der Waals surface area contributed by atoms with Crippen molar-refractivity contribution in [3.05, 3.63) is 39.4 Å². The summed E-state index contributed by atoms with van der Waals surface area (Å²) in [7, 11) is 0. The van der Waals surface area contributed by atoms with Gasteiger partial charge in [0, 0.05) is 30.2 Å². The van der Waals surface area contributed by atoms with Gasteiger partial charge in [-0.2, -0.15) is 0 Å². The Morgan fingerprint density at radius 1 is 0.952 bits per heavy atom. The Bertz CT molecular complexity index is 832. The number of benzene rings is 2. The number of fused-ring (bicyclic) bond motifs is 3. The summed E-state index contributed by atoms with van der Waals surface area (Å²) in [5.74, 6) is 0.494. The van der Waals surface area contributed by atoms with E-state index in [1.54, 1.807) is 11.3 Å². The largest absolute Gasteiger partial charge is 0.507 e. The molecule has 1 N–H and O–H groups in total. The third-order valence-electron chi connectivity index (χ3n) is 4.19. The lowest BCUT2D eigenvalue weighted by Gasteiger charge is -2.09. The Labute approximate surface area is 137 Å². The number of phenols is 1. The van der Waals surface area contributed by atoms with Gasteiger partial charge in [-0.15, -0.1) is 11.3 Å². The molecule has 110 valence electrons. The number of aromatic hydroxyl groups is 1. The molecule has 1 heterocycles. The molecule has 3 aromatic rings. The summed E-state index contributed by atoms with van der Waals surface area (Å²) in [6, 6.07) is 6.70. The van der Waals surface area contributed by atoms with Gasteiger partial charge in [-0.3, -0.25) is 0 Å². The van der Waals surface area contributed by atoms with Gasteiger partial charge in [0.1, 0.15) is 5.75 Å². The summed E-state index contributed by atoms with van der Waals surface area (Å²) in [4.78, 5) is 0. The Balaban J connectivity index is 2.47. The number of hydrogen-bond acceptors (Lipinski definition) is 2. The SMILES string of the molecule is CCc1cc2c(cc1Br)sc1c(CC)c(O)c(CC)cc12. The molecule has 1 aromatic heterocycles. The highest BCUT2D eigenvalue weighted by atomic mass is 79.9. The van der Waals surface area contributed by atoms with E-state index < -0.39 is 0 Å². The highest BCUT2D eigenvalue weighted by Crippen LogP contribution is 2.43. The molecule has 0 saturated carbocycles. The molecule has 0 radical (unpaired) electrons. The summed E-state index contributed by atoms with van der Waals surface area (Å²) in [6.45, 7) is 6.40. The zero-order valence-electron chi connectivity index (χ0n) is 12.6. The van der Waals surface area contributed by atoms with Crippen LogP contribution in [0.15, 0.2) is 22.7 Å². The molecular weight excluding hydrogens is 344 g/mol. The minimum absolute atomic E-state index is 0.494. The number of halogens is 1. The fourth-order valence-corrected chi connectivity index (χ4v) is 5.06. The van der Waals surface area contributed by atoms with Crippen molar-refractivity contribution in [2.45, 2.75) is 40.0 Å². The third-order valence-corrected chi connectivity index (χ3v) is 6.16. The van der Waals surface area contributed by atoms with E-state index in [0.717, 1.165) is 30.4 Å². The first kappa shape index (κ1) is 14.9. The minimum Gasteiger partial charge on any atom is -0.507 e. The monoisotopic (exact) mass is 362 g/mol. The van der Waals surface area contributed by atoms with Crippen LogP contribution < -0.4 is 0 Å². The Morgan fingerprint density at radius 2 is 1.62 bits per heavy atom. The molecule has 0 fully saturated rings. The van der Waals surface area contributed by atoms with Gasteiger partial charge in [-0.05, 0) is 48.6 Å². The van der Waals surface area contributed by atoms with Crippen molar-refractivity contribution in [1.29, 1.82) is 0 Å². The van der Waals surface area contributed by atoms with E-state index in [-0.39, 0.29) is 0 Å². The molecule has 0 bridgehead atoms. The summed E-state index contributed by atoms with van der Waals surface area (Å²) >= 11 is 5.46. The van der Waals surface area contributed by atoms with E-state index in [1.165, 1.54) is 30.2 Å². The highest BCUT2D eigenvalue weighted by Gasteiger charge is 2.16. The second-order valence-electron chi connectivity index (χ2n) is 5.34. The van der Waals surface area contributed by atoms with Crippen LogP contribution in [0.1, 0.15) is 37.5 Å². The summed E-state index contributed by atoms with van der Waals surface area (Å²) in [6.07, 6.45) is 2.75. The fourth-order valence-electron chi connectivity index (χ4n) is 2.96. The van der Waals surface area contributed by atoms with E-state index >= 15 is 0 Å². The first-order valence-corrected chi connectivity index (χ1v) is 9.09. The number of phenolic OH excluding ortho intramolecular Hbond substituents is 1. The number of hydrogen-bond donors (Lipinski definition) is 1. The lowest BCUT2D eigenvalue weighted by atomic mass is 9.99. The van der Waals surface area contributed by atoms with Gasteiger partial charge in [-0.1, -0.05) is 36.7 Å². The smallest absolute Gasteiger partial charge is 0.123 e. The first-order valence-electron chi connectivity index (χ1n) is 7.48. The average Bonchev–Trinajstić information content (AvgIpc) is 2.82. The van der Waals surface area contributed by atoms with Crippen LogP contribution in [0.25, 0.3) is 20.2 Å². The van der Waals surface area contributed by atoms with E-state index in [2.05, 4.69) is 54.9 Å². The van der Waals surface area contributed by atoms with Crippen LogP contribution in [-0.4, -0.2) is 5.11 Å². The Kier molecular flexibility index (Phi) is 3.98. The molecule has 0 atom stereocenters. The molecule has 3 heteroatoms. The third kappa shape index (κ3) is 2.27. The summed E-state index contributed by atoms with van der Waals surface area (Å²) < 4.78 is 3.71. The molecular formula is C18H19BrOS. The van der Waals surface area contributed by atoms with Crippen molar-refractivity contribution in [2.75, 3.05) is 0 Å². The molecule has 0 amide bonds. The zero-order chi connectivity index (χ0) is 15.1. The van der Waals surface area contributed by atoms with E-state index in [4.69, 9.17) is 0 Å². The number of rotatable bonds is 3.